The summed E-state index contributed by atoms with van der Waals surface area (Å²) in [6.45, 7) is 1.62. The van der Waals surface area contributed by atoms with Gasteiger partial charge in [-0.05, 0) is 41.1 Å². The highest BCUT2D eigenvalue weighted by Gasteiger charge is 2.17. The molecule has 2 aromatic rings. The maximum atomic E-state index is 12.1. The molecule has 0 aliphatic carbocycles. The summed E-state index contributed by atoms with van der Waals surface area (Å²) in [5.41, 5.74) is 6.83. The number of amides is 1. The molecular weight excluding hydrogens is 340 g/mol. The van der Waals surface area contributed by atoms with Gasteiger partial charge in [-0.2, -0.15) is 0 Å². The van der Waals surface area contributed by atoms with Crippen LogP contribution in [0, 0.1) is 17.0 Å². The molecule has 2 rings (SSSR count). The van der Waals surface area contributed by atoms with Gasteiger partial charge in [-0.15, -0.1) is 0 Å². The van der Waals surface area contributed by atoms with E-state index in [-0.39, 0.29) is 11.4 Å². The Hall–Kier alpha value is -2.48. The van der Waals surface area contributed by atoms with E-state index in [0.717, 1.165) is 0 Å². The minimum atomic E-state index is -0.504. The molecule has 21 heavy (non-hydrogen) atoms. The van der Waals surface area contributed by atoms with E-state index in [0.29, 0.717) is 21.4 Å². The zero-order chi connectivity index (χ0) is 15.6. The average Bonchev–Trinajstić information content (AvgIpc) is 2.41. The topological polar surface area (TPSA) is 111 Å². The summed E-state index contributed by atoms with van der Waals surface area (Å²) >= 11 is 3.26. The fourth-order valence-electron chi connectivity index (χ4n) is 1.71. The highest BCUT2D eigenvalue weighted by molar-refractivity contribution is 9.10. The lowest BCUT2D eigenvalue weighted by molar-refractivity contribution is -0.385. The van der Waals surface area contributed by atoms with Gasteiger partial charge >= 0.3 is 0 Å². The van der Waals surface area contributed by atoms with Crippen LogP contribution in [0.5, 0.6) is 0 Å². The first-order valence-corrected chi connectivity index (χ1v) is 6.65. The second kappa shape index (κ2) is 5.88. The number of hydrogen-bond donors (Lipinski definition) is 2. The summed E-state index contributed by atoms with van der Waals surface area (Å²) in [4.78, 5) is 26.4. The fraction of sp³-hybridized carbons (Fsp3) is 0.0769. The number of aryl methyl sites for hydroxylation is 1. The molecule has 7 nitrogen and oxygen atoms in total. The van der Waals surface area contributed by atoms with E-state index in [4.69, 9.17) is 5.73 Å². The maximum Gasteiger partial charge on any atom is 0.274 e. The van der Waals surface area contributed by atoms with Crippen molar-refractivity contribution < 1.29 is 9.72 Å². The molecule has 3 N–H and O–H groups in total. The molecule has 1 aromatic carbocycles. The number of halogens is 1. The summed E-state index contributed by atoms with van der Waals surface area (Å²) in [5, 5.41) is 13.5. The number of nitrogen functional groups attached to an aromatic ring is 1. The van der Waals surface area contributed by atoms with Gasteiger partial charge < -0.3 is 11.1 Å². The third-order valence-corrected chi connectivity index (χ3v) is 3.40. The minimum absolute atomic E-state index is 0.0750. The van der Waals surface area contributed by atoms with Gasteiger partial charge in [0.1, 0.15) is 5.69 Å². The predicted octanol–water partition coefficient (Wildman–Crippen LogP) is 2.90. The number of hydrogen-bond acceptors (Lipinski definition) is 5. The first kappa shape index (κ1) is 14.9. The smallest absolute Gasteiger partial charge is 0.274 e. The molecule has 1 amide bonds. The SMILES string of the molecule is Cc1cc(Br)c(NC(=O)c2cc(N)ccn2)cc1[N+](=O)[O-]. The van der Waals surface area contributed by atoms with Gasteiger partial charge in [0.05, 0.1) is 10.6 Å². The summed E-state index contributed by atoms with van der Waals surface area (Å²) < 4.78 is 0.544. The first-order valence-electron chi connectivity index (χ1n) is 5.86. The number of aromatic nitrogens is 1. The summed E-state index contributed by atoms with van der Waals surface area (Å²) in [5.74, 6) is -0.499. The van der Waals surface area contributed by atoms with E-state index < -0.39 is 10.8 Å². The van der Waals surface area contributed by atoms with Crippen LogP contribution in [-0.2, 0) is 0 Å². The van der Waals surface area contributed by atoms with Crippen molar-refractivity contribution in [1.82, 2.24) is 4.98 Å². The standard InChI is InChI=1S/C13H11BrN4O3/c1-7-4-9(14)10(6-12(7)18(20)21)17-13(19)11-5-8(15)2-3-16-11/h2-6H,1H3,(H2,15,16)(H,17,19). The van der Waals surface area contributed by atoms with Crippen LogP contribution in [0.4, 0.5) is 17.1 Å². The van der Waals surface area contributed by atoms with Crippen molar-refractivity contribution in [2.24, 2.45) is 0 Å². The average molecular weight is 351 g/mol. The molecule has 0 bridgehead atoms. The summed E-state index contributed by atoms with van der Waals surface area (Å²) in [6.07, 6.45) is 1.41. The fourth-order valence-corrected chi connectivity index (χ4v) is 2.27. The molecule has 0 saturated carbocycles. The van der Waals surface area contributed by atoms with Gasteiger partial charge in [0.15, 0.2) is 0 Å². The zero-order valence-corrected chi connectivity index (χ0v) is 12.5. The third-order valence-electron chi connectivity index (χ3n) is 2.75. The highest BCUT2D eigenvalue weighted by Crippen LogP contribution is 2.30. The summed E-state index contributed by atoms with van der Waals surface area (Å²) in [6, 6.07) is 5.85. The number of nitrogens with one attached hydrogen (secondary N) is 1. The number of benzene rings is 1. The quantitative estimate of drug-likeness (QED) is 0.652. The van der Waals surface area contributed by atoms with Crippen LogP contribution in [0.15, 0.2) is 34.9 Å². The number of rotatable bonds is 3. The molecule has 0 aliphatic heterocycles. The Morgan fingerprint density at radius 2 is 2.14 bits per heavy atom. The van der Waals surface area contributed by atoms with E-state index in [9.17, 15) is 14.9 Å². The van der Waals surface area contributed by atoms with Crippen molar-refractivity contribution in [3.8, 4) is 0 Å². The first-order chi connectivity index (χ1) is 9.88. The van der Waals surface area contributed by atoms with E-state index in [2.05, 4.69) is 26.2 Å². The Morgan fingerprint density at radius 3 is 2.76 bits per heavy atom. The Kier molecular flexibility index (Phi) is 4.18. The number of nitrogens with zero attached hydrogens (tertiary/aromatic N) is 2. The second-order valence-corrected chi connectivity index (χ2v) is 5.16. The number of carbonyl (C=O) groups excluding carboxylic acids is 1. The molecule has 0 fully saturated rings. The Balaban J connectivity index is 2.33. The monoisotopic (exact) mass is 350 g/mol. The third kappa shape index (κ3) is 3.34. The Bertz CT molecular complexity index is 733. The maximum absolute atomic E-state index is 12.1. The van der Waals surface area contributed by atoms with E-state index >= 15 is 0 Å². The molecule has 1 heterocycles. The van der Waals surface area contributed by atoms with E-state index in [1.807, 2.05) is 0 Å². The highest BCUT2D eigenvalue weighted by atomic mass is 79.9. The number of nitrogens with two attached hydrogens (primary N) is 1. The number of pyridine rings is 1. The molecule has 0 aliphatic rings. The van der Waals surface area contributed by atoms with Gasteiger partial charge in [-0.1, -0.05) is 0 Å². The lowest BCUT2D eigenvalue weighted by Crippen LogP contribution is -2.14. The number of nitro groups is 1. The number of nitro benzene ring substituents is 1. The van der Waals surface area contributed by atoms with Crippen molar-refractivity contribution >= 4 is 38.9 Å². The molecule has 0 atom stereocenters. The number of anilines is 2. The molecular formula is C13H11BrN4O3. The Morgan fingerprint density at radius 1 is 1.43 bits per heavy atom. The predicted molar refractivity (Wildman–Crippen MR) is 82.1 cm³/mol. The largest absolute Gasteiger partial charge is 0.399 e. The van der Waals surface area contributed by atoms with Crippen LogP contribution in [0.3, 0.4) is 0 Å². The molecule has 0 radical (unpaired) electrons. The van der Waals surface area contributed by atoms with Crippen molar-refractivity contribution in [2.45, 2.75) is 6.92 Å². The van der Waals surface area contributed by atoms with Crippen molar-refractivity contribution in [1.29, 1.82) is 0 Å². The van der Waals surface area contributed by atoms with Crippen molar-refractivity contribution in [2.75, 3.05) is 11.1 Å². The zero-order valence-electron chi connectivity index (χ0n) is 11.0. The molecule has 108 valence electrons. The lowest BCUT2D eigenvalue weighted by atomic mass is 10.2. The molecule has 0 saturated heterocycles. The Labute approximate surface area is 128 Å². The van der Waals surface area contributed by atoms with Crippen molar-refractivity contribution in [3.05, 3.63) is 56.3 Å². The second-order valence-electron chi connectivity index (χ2n) is 4.30. The van der Waals surface area contributed by atoms with Crippen LogP contribution in [0.1, 0.15) is 16.1 Å². The van der Waals surface area contributed by atoms with E-state index in [1.165, 1.54) is 18.3 Å². The van der Waals surface area contributed by atoms with Gasteiger partial charge in [0, 0.05) is 28.0 Å². The van der Waals surface area contributed by atoms with Crippen molar-refractivity contribution in [3.63, 3.8) is 0 Å². The van der Waals surface area contributed by atoms with E-state index in [1.54, 1.807) is 19.1 Å². The van der Waals surface area contributed by atoms with Crippen LogP contribution < -0.4 is 11.1 Å². The number of carbonyl (C=O) groups is 1. The summed E-state index contributed by atoms with van der Waals surface area (Å²) in [7, 11) is 0. The van der Waals surface area contributed by atoms with Gasteiger partial charge in [-0.3, -0.25) is 19.9 Å². The van der Waals surface area contributed by atoms with Crippen LogP contribution in [-0.4, -0.2) is 15.8 Å². The lowest BCUT2D eigenvalue weighted by Gasteiger charge is -2.08. The van der Waals surface area contributed by atoms with Gasteiger partial charge in [0.2, 0.25) is 0 Å². The normalized spacial score (nSPS) is 10.2. The minimum Gasteiger partial charge on any atom is -0.399 e. The molecule has 0 spiro atoms. The molecule has 1 aromatic heterocycles. The van der Waals surface area contributed by atoms with Crippen LogP contribution in [0.25, 0.3) is 0 Å². The van der Waals surface area contributed by atoms with Crippen LogP contribution in [0.2, 0.25) is 0 Å². The molecule has 8 heteroatoms. The van der Waals surface area contributed by atoms with Gasteiger partial charge in [-0.25, -0.2) is 0 Å². The van der Waals surface area contributed by atoms with Gasteiger partial charge in [0.25, 0.3) is 11.6 Å². The van der Waals surface area contributed by atoms with Crippen LogP contribution >= 0.6 is 15.9 Å². The molecule has 0 unspecified atom stereocenters.